The molecule has 2 aliphatic rings. The average Bonchev–Trinajstić information content (AvgIpc) is 2.27. The second-order valence-electron chi connectivity index (χ2n) is 7.24. The lowest BCUT2D eigenvalue weighted by atomic mass is 9.70. The molecule has 0 spiro atoms. The molecule has 1 saturated carbocycles. The minimum absolute atomic E-state index is 0.00677. The van der Waals surface area contributed by atoms with Crippen molar-refractivity contribution in [1.82, 2.24) is 0 Å². The van der Waals surface area contributed by atoms with Crippen LogP contribution in [0.25, 0.3) is 0 Å². The van der Waals surface area contributed by atoms with Crippen molar-refractivity contribution in [2.75, 3.05) is 0 Å². The van der Waals surface area contributed by atoms with E-state index < -0.39 is 0 Å². The van der Waals surface area contributed by atoms with Gasteiger partial charge in [-0.3, -0.25) is 0 Å². The van der Waals surface area contributed by atoms with Gasteiger partial charge in [-0.15, -0.1) is 11.6 Å². The molecule has 1 heterocycles. The molecule has 0 amide bonds. The van der Waals surface area contributed by atoms with E-state index in [0.717, 1.165) is 19.3 Å². The molecule has 5 atom stereocenters. The molecule has 0 unspecified atom stereocenters. The summed E-state index contributed by atoms with van der Waals surface area (Å²) < 4.78 is 6.52. The highest BCUT2D eigenvalue weighted by atomic mass is 79.9. The molecule has 0 N–H and O–H groups in total. The molecule has 1 saturated heterocycles. The molecule has 1 aliphatic heterocycles. The van der Waals surface area contributed by atoms with Gasteiger partial charge in [-0.05, 0) is 65.7 Å². The summed E-state index contributed by atoms with van der Waals surface area (Å²) in [6, 6.07) is 0. The van der Waals surface area contributed by atoms with Crippen molar-refractivity contribution in [2.45, 2.75) is 85.5 Å². The van der Waals surface area contributed by atoms with Crippen LogP contribution in [0.2, 0.25) is 0 Å². The van der Waals surface area contributed by atoms with E-state index in [1.54, 1.807) is 0 Å². The average molecular weight is 417 g/mol. The first-order valence-corrected chi connectivity index (χ1v) is 9.45. The third-order valence-electron chi connectivity index (χ3n) is 5.13. The second kappa shape index (κ2) is 5.44. The highest BCUT2D eigenvalue weighted by Gasteiger charge is 2.50. The third kappa shape index (κ3) is 3.35. The smallest absolute Gasteiger partial charge is 0.0758 e. The fourth-order valence-corrected chi connectivity index (χ4v) is 4.75. The standard InChI is InChI=1S/C15H25Br2ClO/c1-13(2)11(16)6-8-15(4,19-13)10-5-7-14(3,18)12(17)9-10/h10-12H,5-9H2,1-4H3/t10-,11-,12-,14-,15-/m0/s1. The maximum Gasteiger partial charge on any atom is 0.0758 e. The van der Waals surface area contributed by atoms with E-state index in [-0.39, 0.29) is 16.1 Å². The molecule has 1 nitrogen and oxygen atoms in total. The van der Waals surface area contributed by atoms with Gasteiger partial charge in [-0.25, -0.2) is 0 Å². The molecule has 4 heteroatoms. The van der Waals surface area contributed by atoms with Crippen LogP contribution in [-0.4, -0.2) is 25.7 Å². The van der Waals surface area contributed by atoms with Crippen molar-refractivity contribution in [1.29, 1.82) is 0 Å². The van der Waals surface area contributed by atoms with E-state index in [2.05, 4.69) is 59.6 Å². The Kier molecular flexibility index (Phi) is 4.75. The van der Waals surface area contributed by atoms with Crippen molar-refractivity contribution in [3.8, 4) is 0 Å². The van der Waals surface area contributed by atoms with Crippen LogP contribution < -0.4 is 0 Å². The predicted molar refractivity (Wildman–Crippen MR) is 89.8 cm³/mol. The summed E-state index contributed by atoms with van der Waals surface area (Å²) in [6.45, 7) is 8.84. The molecule has 0 aromatic rings. The molecule has 0 bridgehead atoms. The van der Waals surface area contributed by atoms with Gasteiger partial charge in [0, 0.05) is 9.65 Å². The monoisotopic (exact) mass is 414 g/mol. The Bertz CT molecular complexity index is 345. The fourth-order valence-electron chi connectivity index (χ4n) is 3.55. The zero-order valence-electron chi connectivity index (χ0n) is 12.3. The van der Waals surface area contributed by atoms with Gasteiger partial charge in [-0.2, -0.15) is 0 Å². The zero-order chi connectivity index (χ0) is 14.5. The van der Waals surface area contributed by atoms with Gasteiger partial charge in [0.2, 0.25) is 0 Å². The summed E-state index contributed by atoms with van der Waals surface area (Å²) in [7, 11) is 0. The van der Waals surface area contributed by atoms with E-state index in [9.17, 15) is 0 Å². The van der Waals surface area contributed by atoms with Crippen LogP contribution in [0.4, 0.5) is 0 Å². The van der Waals surface area contributed by atoms with E-state index in [1.807, 2.05) is 0 Å². The topological polar surface area (TPSA) is 9.23 Å². The molecule has 0 radical (unpaired) electrons. The van der Waals surface area contributed by atoms with Gasteiger partial charge >= 0.3 is 0 Å². The third-order valence-corrected chi connectivity index (χ3v) is 8.80. The summed E-state index contributed by atoms with van der Waals surface area (Å²) in [5, 5.41) is 0. The van der Waals surface area contributed by atoms with Crippen molar-refractivity contribution >= 4 is 43.5 Å². The fraction of sp³-hybridized carbons (Fsp3) is 1.00. The summed E-state index contributed by atoms with van der Waals surface area (Å²) >= 11 is 14.1. The van der Waals surface area contributed by atoms with Crippen LogP contribution in [-0.2, 0) is 4.74 Å². The first-order chi connectivity index (χ1) is 8.57. The normalized spacial score (nSPS) is 51.0. The Morgan fingerprint density at radius 1 is 1.00 bits per heavy atom. The Morgan fingerprint density at radius 3 is 2.16 bits per heavy atom. The Hall–Kier alpha value is 1.21. The summed E-state index contributed by atoms with van der Waals surface area (Å²) in [5.41, 5.74) is -0.0935. The minimum atomic E-state index is -0.102. The molecule has 0 aromatic heterocycles. The summed E-state index contributed by atoms with van der Waals surface area (Å²) in [4.78, 5) is 0.731. The molecule has 112 valence electrons. The number of alkyl halides is 3. The minimum Gasteiger partial charge on any atom is -0.368 e. The lowest BCUT2D eigenvalue weighted by Gasteiger charge is -2.52. The van der Waals surface area contributed by atoms with Gasteiger partial charge in [-0.1, -0.05) is 31.9 Å². The van der Waals surface area contributed by atoms with Gasteiger partial charge in [0.25, 0.3) is 0 Å². The van der Waals surface area contributed by atoms with Crippen LogP contribution in [0.3, 0.4) is 0 Å². The van der Waals surface area contributed by atoms with E-state index in [4.69, 9.17) is 16.3 Å². The van der Waals surface area contributed by atoms with Crippen LogP contribution in [0.1, 0.15) is 59.8 Å². The molecule has 2 fully saturated rings. The number of hydrogen-bond donors (Lipinski definition) is 0. The first-order valence-electron chi connectivity index (χ1n) is 7.24. The summed E-state index contributed by atoms with van der Waals surface area (Å²) in [5.74, 6) is 0.600. The van der Waals surface area contributed by atoms with Gasteiger partial charge in [0.05, 0.1) is 16.1 Å². The SMILES string of the molecule is CC1(C)O[C@](C)([C@H]2CC[C@](C)(Cl)[C@@H](Br)C2)CC[C@@H]1Br. The molecule has 19 heavy (non-hydrogen) atoms. The quantitative estimate of drug-likeness (QED) is 0.501. The maximum atomic E-state index is 6.56. The lowest BCUT2D eigenvalue weighted by Crippen LogP contribution is -2.55. The highest BCUT2D eigenvalue weighted by Crippen LogP contribution is 2.50. The largest absolute Gasteiger partial charge is 0.368 e. The van der Waals surface area contributed by atoms with Crippen LogP contribution in [0, 0.1) is 5.92 Å². The number of halogens is 3. The molecule has 1 aliphatic carbocycles. The summed E-state index contributed by atoms with van der Waals surface area (Å²) in [6.07, 6.45) is 5.66. The van der Waals surface area contributed by atoms with Crippen LogP contribution in [0.15, 0.2) is 0 Å². The van der Waals surface area contributed by atoms with Crippen molar-refractivity contribution in [3.05, 3.63) is 0 Å². The Morgan fingerprint density at radius 2 is 1.63 bits per heavy atom. The van der Waals surface area contributed by atoms with Crippen molar-refractivity contribution in [2.24, 2.45) is 5.92 Å². The Labute approximate surface area is 139 Å². The van der Waals surface area contributed by atoms with Crippen molar-refractivity contribution in [3.63, 3.8) is 0 Å². The predicted octanol–water partition coefficient (Wildman–Crippen LogP) is 5.66. The Balaban J connectivity index is 2.10. The van der Waals surface area contributed by atoms with E-state index in [1.165, 1.54) is 12.8 Å². The molecule has 0 aromatic carbocycles. The second-order valence-corrected chi connectivity index (χ2v) is 10.3. The molecule has 2 rings (SSSR count). The molecular formula is C15H25Br2ClO. The van der Waals surface area contributed by atoms with Gasteiger partial charge in [0.15, 0.2) is 0 Å². The van der Waals surface area contributed by atoms with E-state index in [0.29, 0.717) is 15.6 Å². The maximum absolute atomic E-state index is 6.56. The van der Waals surface area contributed by atoms with Gasteiger partial charge in [0.1, 0.15) is 0 Å². The zero-order valence-corrected chi connectivity index (χ0v) is 16.2. The number of hydrogen-bond acceptors (Lipinski definition) is 1. The number of rotatable bonds is 1. The van der Waals surface area contributed by atoms with Gasteiger partial charge < -0.3 is 4.74 Å². The van der Waals surface area contributed by atoms with Crippen LogP contribution >= 0.6 is 43.5 Å². The molecular weight excluding hydrogens is 391 g/mol. The number of ether oxygens (including phenoxy) is 1. The van der Waals surface area contributed by atoms with E-state index >= 15 is 0 Å². The lowest BCUT2D eigenvalue weighted by molar-refractivity contribution is -0.190. The van der Waals surface area contributed by atoms with Crippen LogP contribution in [0.5, 0.6) is 0 Å². The first kappa shape index (κ1) is 16.6. The highest BCUT2D eigenvalue weighted by molar-refractivity contribution is 9.09. The van der Waals surface area contributed by atoms with Crippen molar-refractivity contribution < 1.29 is 4.74 Å².